The predicted molar refractivity (Wildman–Crippen MR) is 120 cm³/mol. The fourth-order valence-electron chi connectivity index (χ4n) is 4.75. The molecule has 2 aromatic heterocycles. The van der Waals surface area contributed by atoms with Crippen molar-refractivity contribution in [2.45, 2.75) is 51.1 Å². The van der Waals surface area contributed by atoms with Gasteiger partial charge in [-0.25, -0.2) is 4.68 Å². The number of benzene rings is 1. The van der Waals surface area contributed by atoms with Gasteiger partial charge in [0.25, 0.3) is 5.91 Å². The zero-order valence-corrected chi connectivity index (χ0v) is 18.3. The molecule has 0 atom stereocenters. The largest absolute Gasteiger partial charge is 0.351 e. The molecule has 0 radical (unpaired) electrons. The molecule has 2 aliphatic rings. The Bertz CT molecular complexity index is 1060. The molecule has 0 spiro atoms. The number of hydrogen-bond donors (Lipinski definition) is 1. The number of carbonyl (C=O) groups excluding carboxylic acids is 2. The molecule has 2 fully saturated rings. The van der Waals surface area contributed by atoms with Crippen LogP contribution in [-0.4, -0.2) is 44.8 Å². The number of carbonyl (C=O) groups is 2. The number of amides is 2. The molecule has 7 nitrogen and oxygen atoms in total. The van der Waals surface area contributed by atoms with E-state index in [2.05, 4.69) is 15.6 Å². The number of likely N-dealkylation sites (tertiary alicyclic amines) is 1. The van der Waals surface area contributed by atoms with E-state index < -0.39 is 0 Å². The van der Waals surface area contributed by atoms with Gasteiger partial charge in [-0.3, -0.25) is 9.59 Å². The number of nitrogens with one attached hydrogen (secondary N) is 1. The number of fused-ring (bicyclic) bond motifs is 1. The van der Waals surface area contributed by atoms with Gasteiger partial charge in [0.2, 0.25) is 5.91 Å². The zero-order valence-electron chi connectivity index (χ0n) is 17.5. The summed E-state index contributed by atoms with van der Waals surface area (Å²) < 4.78 is 2.02. The number of thiophene rings is 1. The van der Waals surface area contributed by atoms with E-state index in [1.807, 2.05) is 45.3 Å². The third-order valence-electron chi connectivity index (χ3n) is 6.56. The van der Waals surface area contributed by atoms with Crippen LogP contribution in [0.25, 0.3) is 11.0 Å². The van der Waals surface area contributed by atoms with Crippen LogP contribution in [-0.2, 0) is 11.3 Å². The summed E-state index contributed by atoms with van der Waals surface area (Å²) in [5.74, 6) is 0.0676. The second kappa shape index (κ2) is 8.78. The molecule has 1 saturated heterocycles. The Morgan fingerprint density at radius 2 is 1.90 bits per heavy atom. The second-order valence-electron chi connectivity index (χ2n) is 8.54. The van der Waals surface area contributed by atoms with Gasteiger partial charge in [-0.2, -0.15) is 0 Å². The van der Waals surface area contributed by atoms with E-state index in [0.29, 0.717) is 44.1 Å². The zero-order chi connectivity index (χ0) is 21.2. The third-order valence-corrected chi connectivity index (χ3v) is 7.43. The molecule has 5 rings (SSSR count). The fraction of sp³-hybridized carbons (Fsp3) is 0.478. The lowest BCUT2D eigenvalue weighted by molar-refractivity contribution is -0.126. The molecule has 1 aromatic carbocycles. The van der Waals surface area contributed by atoms with E-state index in [0.717, 1.165) is 28.8 Å². The van der Waals surface area contributed by atoms with Crippen LogP contribution in [0.3, 0.4) is 0 Å². The summed E-state index contributed by atoms with van der Waals surface area (Å²) in [7, 11) is 0. The standard InChI is InChI=1S/C23H27N5O2S/c29-22(24-15-19-6-3-13-31-19)16-9-11-27(12-10-16)23(30)17-7-8-21-20(14-17)25-26-28(21)18-4-1-2-5-18/h3,6-8,13-14,16,18H,1-2,4-5,9-12,15H2,(H,24,29). The van der Waals surface area contributed by atoms with E-state index in [1.54, 1.807) is 11.3 Å². The predicted octanol–water partition coefficient (Wildman–Crippen LogP) is 3.78. The Labute approximate surface area is 185 Å². The Kier molecular flexibility index (Phi) is 5.72. The van der Waals surface area contributed by atoms with Crippen LogP contribution < -0.4 is 5.32 Å². The number of aromatic nitrogens is 3. The third kappa shape index (κ3) is 4.21. The highest BCUT2D eigenvalue weighted by molar-refractivity contribution is 7.09. The lowest BCUT2D eigenvalue weighted by atomic mass is 9.95. The minimum Gasteiger partial charge on any atom is -0.351 e. The molecule has 31 heavy (non-hydrogen) atoms. The van der Waals surface area contributed by atoms with E-state index in [1.165, 1.54) is 12.8 Å². The van der Waals surface area contributed by atoms with Gasteiger partial charge in [-0.15, -0.1) is 16.4 Å². The Hall–Kier alpha value is -2.74. The average Bonchev–Trinajstić information content (AvgIpc) is 3.58. The quantitative estimate of drug-likeness (QED) is 0.659. The van der Waals surface area contributed by atoms with Crippen molar-refractivity contribution in [3.63, 3.8) is 0 Å². The Morgan fingerprint density at radius 3 is 2.65 bits per heavy atom. The monoisotopic (exact) mass is 437 g/mol. The number of piperidine rings is 1. The van der Waals surface area contributed by atoms with Gasteiger partial charge < -0.3 is 10.2 Å². The maximum absolute atomic E-state index is 13.0. The highest BCUT2D eigenvalue weighted by atomic mass is 32.1. The normalized spacial score (nSPS) is 18.0. The summed E-state index contributed by atoms with van der Waals surface area (Å²) in [6.07, 6.45) is 6.17. The van der Waals surface area contributed by atoms with Crippen LogP contribution in [0.1, 0.15) is 59.8 Å². The van der Waals surface area contributed by atoms with Crippen LogP contribution >= 0.6 is 11.3 Å². The first-order valence-electron chi connectivity index (χ1n) is 11.1. The molecule has 0 unspecified atom stereocenters. The van der Waals surface area contributed by atoms with Gasteiger partial charge in [-0.05, 0) is 55.3 Å². The summed E-state index contributed by atoms with van der Waals surface area (Å²) in [5, 5.41) is 13.7. The molecule has 1 N–H and O–H groups in total. The van der Waals surface area contributed by atoms with E-state index in [-0.39, 0.29) is 17.7 Å². The molecule has 2 amide bonds. The molecular weight excluding hydrogens is 410 g/mol. The van der Waals surface area contributed by atoms with Crippen molar-refractivity contribution in [1.29, 1.82) is 0 Å². The van der Waals surface area contributed by atoms with Crippen molar-refractivity contribution in [3.8, 4) is 0 Å². The van der Waals surface area contributed by atoms with Crippen LogP contribution in [0.5, 0.6) is 0 Å². The van der Waals surface area contributed by atoms with E-state index in [4.69, 9.17) is 0 Å². The molecule has 1 aliphatic carbocycles. The fourth-order valence-corrected chi connectivity index (χ4v) is 5.40. The van der Waals surface area contributed by atoms with E-state index in [9.17, 15) is 9.59 Å². The van der Waals surface area contributed by atoms with Crippen LogP contribution in [0, 0.1) is 5.92 Å². The molecule has 0 bridgehead atoms. The molecule has 3 aromatic rings. The molecule has 8 heteroatoms. The van der Waals surface area contributed by atoms with Gasteiger partial charge in [0.05, 0.1) is 18.1 Å². The lowest BCUT2D eigenvalue weighted by Crippen LogP contribution is -2.42. The van der Waals surface area contributed by atoms with Gasteiger partial charge in [0.1, 0.15) is 5.52 Å². The highest BCUT2D eigenvalue weighted by Crippen LogP contribution is 2.31. The minimum atomic E-state index is -0.0298. The maximum Gasteiger partial charge on any atom is 0.253 e. The maximum atomic E-state index is 13.0. The van der Waals surface area contributed by atoms with Gasteiger partial charge >= 0.3 is 0 Å². The first-order valence-corrected chi connectivity index (χ1v) is 12.0. The van der Waals surface area contributed by atoms with Crippen LogP contribution in [0.4, 0.5) is 0 Å². The van der Waals surface area contributed by atoms with E-state index >= 15 is 0 Å². The average molecular weight is 438 g/mol. The number of hydrogen-bond acceptors (Lipinski definition) is 5. The topological polar surface area (TPSA) is 80.1 Å². The van der Waals surface area contributed by atoms with Crippen molar-refractivity contribution >= 4 is 34.2 Å². The lowest BCUT2D eigenvalue weighted by Gasteiger charge is -2.31. The number of nitrogens with zero attached hydrogens (tertiary/aromatic N) is 4. The van der Waals surface area contributed by atoms with Crippen molar-refractivity contribution in [3.05, 3.63) is 46.2 Å². The van der Waals surface area contributed by atoms with Crippen molar-refractivity contribution in [2.24, 2.45) is 5.92 Å². The summed E-state index contributed by atoms with van der Waals surface area (Å²) >= 11 is 1.64. The SMILES string of the molecule is O=C(NCc1cccs1)C1CCN(C(=O)c2ccc3c(c2)nnn3C2CCCC2)CC1. The molecule has 1 saturated carbocycles. The van der Waals surface area contributed by atoms with Gasteiger partial charge in [0, 0.05) is 29.4 Å². The summed E-state index contributed by atoms with van der Waals surface area (Å²) in [6, 6.07) is 10.2. The molecule has 162 valence electrons. The first-order chi connectivity index (χ1) is 15.2. The van der Waals surface area contributed by atoms with Crippen molar-refractivity contribution in [2.75, 3.05) is 13.1 Å². The van der Waals surface area contributed by atoms with Gasteiger partial charge in [-0.1, -0.05) is 24.1 Å². The molecular formula is C23H27N5O2S. The van der Waals surface area contributed by atoms with Crippen LogP contribution in [0.15, 0.2) is 35.7 Å². The first kappa shape index (κ1) is 20.2. The highest BCUT2D eigenvalue weighted by Gasteiger charge is 2.28. The van der Waals surface area contributed by atoms with Crippen molar-refractivity contribution < 1.29 is 9.59 Å². The van der Waals surface area contributed by atoms with Gasteiger partial charge in [0.15, 0.2) is 0 Å². The summed E-state index contributed by atoms with van der Waals surface area (Å²) in [6.45, 7) is 1.78. The second-order valence-corrected chi connectivity index (χ2v) is 9.57. The number of rotatable bonds is 5. The smallest absolute Gasteiger partial charge is 0.253 e. The van der Waals surface area contributed by atoms with Crippen molar-refractivity contribution in [1.82, 2.24) is 25.2 Å². The molecule has 3 heterocycles. The Morgan fingerprint density at radius 1 is 1.10 bits per heavy atom. The Balaban J connectivity index is 1.19. The summed E-state index contributed by atoms with van der Waals surface area (Å²) in [5.41, 5.74) is 2.43. The summed E-state index contributed by atoms with van der Waals surface area (Å²) in [4.78, 5) is 28.5. The van der Waals surface area contributed by atoms with Crippen LogP contribution in [0.2, 0.25) is 0 Å². The molecule has 1 aliphatic heterocycles. The minimum absolute atomic E-state index is 0.00904.